The minimum absolute atomic E-state index is 0.0283. The van der Waals surface area contributed by atoms with E-state index in [2.05, 4.69) is 0 Å². The maximum Gasteiger partial charge on any atom is 0.303 e. The van der Waals surface area contributed by atoms with Crippen LogP contribution in [0.15, 0.2) is 167 Å². The molecule has 12 heteroatoms. The van der Waals surface area contributed by atoms with E-state index in [1.165, 1.54) is 13.8 Å². The van der Waals surface area contributed by atoms with Crippen LogP contribution in [0.2, 0.25) is 0 Å². The van der Waals surface area contributed by atoms with Gasteiger partial charge >= 0.3 is 11.9 Å². The smallest absolute Gasteiger partial charge is 0.303 e. The second kappa shape index (κ2) is 20.8. The molecule has 1 aromatic heterocycles. The summed E-state index contributed by atoms with van der Waals surface area (Å²) < 4.78 is 56.6. The molecule has 1 aliphatic heterocycles. The van der Waals surface area contributed by atoms with Crippen LogP contribution in [0.5, 0.6) is 23.0 Å². The lowest BCUT2D eigenvalue weighted by atomic mass is 9.98. The molecule has 0 unspecified atom stereocenters. The van der Waals surface area contributed by atoms with E-state index in [0.717, 1.165) is 22.3 Å². The van der Waals surface area contributed by atoms with Gasteiger partial charge in [-0.25, -0.2) is 0 Å². The molecule has 1 fully saturated rings. The number of carbonyl (C=O) groups excluding carboxylic acids is 2. The lowest BCUT2D eigenvalue weighted by Gasteiger charge is -2.43. The van der Waals surface area contributed by atoms with Gasteiger partial charge in [-0.2, -0.15) is 0 Å². The van der Waals surface area contributed by atoms with Gasteiger partial charge in [-0.1, -0.05) is 121 Å². The molecule has 8 rings (SSSR count). The van der Waals surface area contributed by atoms with E-state index in [-0.39, 0.29) is 48.0 Å². The summed E-state index contributed by atoms with van der Waals surface area (Å²) >= 11 is 0. The molecule has 0 amide bonds. The Kier molecular flexibility index (Phi) is 14.2. The minimum Gasteiger partial charge on any atom is -0.489 e. The summed E-state index contributed by atoms with van der Waals surface area (Å²) in [7, 11) is 0. The van der Waals surface area contributed by atoms with Gasteiger partial charge in [-0.05, 0) is 53.4 Å². The predicted octanol–water partition coefficient (Wildman–Crippen LogP) is 9.77. The molecule has 0 saturated carbocycles. The topological polar surface area (TPSA) is 138 Å². The number of rotatable bonds is 17. The Morgan fingerprint density at radius 3 is 1.58 bits per heavy atom. The lowest BCUT2D eigenvalue weighted by molar-refractivity contribution is -0.287. The Balaban J connectivity index is 1.24. The molecule has 65 heavy (non-hydrogen) atoms. The first kappa shape index (κ1) is 44.2. The first-order valence-corrected chi connectivity index (χ1v) is 21.3. The zero-order valence-corrected chi connectivity index (χ0v) is 36.1. The van der Waals surface area contributed by atoms with Crippen molar-refractivity contribution in [2.75, 3.05) is 0 Å². The predicted molar refractivity (Wildman–Crippen MR) is 241 cm³/mol. The molecule has 2 heterocycles. The second-order valence-electron chi connectivity index (χ2n) is 15.5. The van der Waals surface area contributed by atoms with Gasteiger partial charge < -0.3 is 42.3 Å². The van der Waals surface area contributed by atoms with E-state index in [1.54, 1.807) is 43.3 Å². The third-order valence-corrected chi connectivity index (χ3v) is 10.6. The fraction of sp³-hybridized carbons (Fsp3) is 0.226. The molecule has 0 N–H and O–H groups in total. The molecule has 0 spiro atoms. The van der Waals surface area contributed by atoms with E-state index < -0.39 is 48.1 Å². The highest BCUT2D eigenvalue weighted by molar-refractivity contribution is 5.88. The summed E-state index contributed by atoms with van der Waals surface area (Å²) in [6.45, 7) is 4.88. The van der Waals surface area contributed by atoms with E-state index in [4.69, 9.17) is 42.3 Å². The monoisotopic (exact) mass is 876 g/mol. The summed E-state index contributed by atoms with van der Waals surface area (Å²) in [5.74, 6) is -0.294. The summed E-state index contributed by atoms with van der Waals surface area (Å²) in [5.41, 5.74) is 3.64. The lowest BCUT2D eigenvalue weighted by Crippen LogP contribution is -2.61. The SMILES string of the molecule is CC(=O)O[C@@H]1[C@@H](OC(C)=O)[C@H](C)O[C@@H](Oc2c(-c3ccc(OCc4ccccc4)cc3)oc3cc(OCc4ccccc4)cc(OCc4ccccc4)c3c2=O)[C@@H]1OCc1ccccc1. The highest BCUT2D eigenvalue weighted by atomic mass is 16.7. The maximum absolute atomic E-state index is 15.3. The van der Waals surface area contributed by atoms with Crippen LogP contribution in [0.4, 0.5) is 0 Å². The normalized spacial score (nSPS) is 18.0. The van der Waals surface area contributed by atoms with E-state index >= 15 is 4.79 Å². The van der Waals surface area contributed by atoms with Crippen molar-refractivity contribution in [3.63, 3.8) is 0 Å². The van der Waals surface area contributed by atoms with E-state index in [9.17, 15) is 9.59 Å². The number of hydrogen-bond donors (Lipinski definition) is 0. The van der Waals surface area contributed by atoms with E-state index in [0.29, 0.717) is 23.7 Å². The molecule has 0 bridgehead atoms. The minimum atomic E-state index is -1.40. The zero-order chi connectivity index (χ0) is 45.1. The quantitative estimate of drug-likeness (QED) is 0.0806. The van der Waals surface area contributed by atoms with Crippen LogP contribution in [0, 0.1) is 0 Å². The van der Waals surface area contributed by atoms with Crippen LogP contribution >= 0.6 is 0 Å². The van der Waals surface area contributed by atoms with Crippen LogP contribution in [-0.4, -0.2) is 42.6 Å². The highest BCUT2D eigenvalue weighted by Crippen LogP contribution is 2.40. The van der Waals surface area contributed by atoms with Crippen molar-refractivity contribution < 1.29 is 51.9 Å². The highest BCUT2D eigenvalue weighted by Gasteiger charge is 2.51. The van der Waals surface area contributed by atoms with Crippen molar-refractivity contribution in [1.82, 2.24) is 0 Å². The van der Waals surface area contributed by atoms with E-state index in [1.807, 2.05) is 121 Å². The third-order valence-electron chi connectivity index (χ3n) is 10.6. The van der Waals surface area contributed by atoms with Gasteiger partial charge in [0.15, 0.2) is 24.1 Å². The van der Waals surface area contributed by atoms with Gasteiger partial charge in [0.25, 0.3) is 0 Å². The molecule has 0 aliphatic carbocycles. The molecule has 1 aliphatic rings. The third kappa shape index (κ3) is 11.2. The van der Waals surface area contributed by atoms with Crippen LogP contribution in [0.25, 0.3) is 22.3 Å². The van der Waals surface area contributed by atoms with Crippen molar-refractivity contribution in [2.24, 2.45) is 0 Å². The molecular weight excluding hydrogens is 829 g/mol. The fourth-order valence-electron chi connectivity index (χ4n) is 7.46. The Hall–Kier alpha value is -7.41. The molecule has 5 atom stereocenters. The summed E-state index contributed by atoms with van der Waals surface area (Å²) in [5, 5.41) is 0.0782. The van der Waals surface area contributed by atoms with Crippen molar-refractivity contribution in [1.29, 1.82) is 0 Å². The average molecular weight is 877 g/mol. The Labute approximate surface area is 376 Å². The maximum atomic E-state index is 15.3. The standard InChI is InChI=1S/C53H48O12/c1-34-48(62-35(2)54)51(63-36(3)55)52(60-33-40-22-14-7-15-23-40)53(61-34)65-50-47(56)46-44(59-32-39-20-12-6-13-21-39)28-43(58-31-38-18-10-5-11-19-38)29-45(46)64-49(50)41-24-26-42(27-25-41)57-30-37-16-8-4-9-17-37/h4-29,34,48,51-53H,30-33H2,1-3H3/t34-,48-,51+,52+,53-/m0/s1. The molecule has 1 saturated heterocycles. The van der Waals surface area contributed by atoms with Gasteiger partial charge in [-0.3, -0.25) is 14.4 Å². The largest absolute Gasteiger partial charge is 0.489 e. The Morgan fingerprint density at radius 2 is 1.05 bits per heavy atom. The van der Waals surface area contributed by atoms with Gasteiger partial charge in [0.05, 0.1) is 12.7 Å². The van der Waals surface area contributed by atoms with Crippen molar-refractivity contribution in [2.45, 2.75) is 77.9 Å². The van der Waals surface area contributed by atoms with Crippen molar-refractivity contribution >= 4 is 22.9 Å². The van der Waals surface area contributed by atoms with Crippen LogP contribution in [0.3, 0.4) is 0 Å². The molecule has 6 aromatic carbocycles. The Bertz CT molecular complexity index is 2720. The fourth-order valence-corrected chi connectivity index (χ4v) is 7.46. The van der Waals surface area contributed by atoms with Crippen molar-refractivity contribution in [3.8, 4) is 34.3 Å². The van der Waals surface area contributed by atoms with Crippen molar-refractivity contribution in [3.05, 3.63) is 190 Å². The summed E-state index contributed by atoms with van der Waals surface area (Å²) in [6.07, 6.45) is -5.81. The number of hydrogen-bond acceptors (Lipinski definition) is 12. The van der Waals surface area contributed by atoms with Gasteiger partial charge in [0.2, 0.25) is 17.5 Å². The second-order valence-corrected chi connectivity index (χ2v) is 15.5. The van der Waals surface area contributed by atoms with Crippen LogP contribution in [0.1, 0.15) is 43.0 Å². The van der Waals surface area contributed by atoms with Crippen LogP contribution < -0.4 is 24.4 Å². The first-order chi connectivity index (χ1) is 31.7. The molecular formula is C53H48O12. The Morgan fingerprint density at radius 1 is 0.554 bits per heavy atom. The first-order valence-electron chi connectivity index (χ1n) is 21.3. The van der Waals surface area contributed by atoms with Gasteiger partial charge in [-0.15, -0.1) is 0 Å². The van der Waals surface area contributed by atoms with Gasteiger partial charge in [0, 0.05) is 31.5 Å². The van der Waals surface area contributed by atoms with Crippen LogP contribution in [-0.2, 0) is 55.0 Å². The number of carbonyl (C=O) groups is 2. The number of benzene rings is 6. The number of esters is 2. The zero-order valence-electron chi connectivity index (χ0n) is 36.1. The number of fused-ring (bicyclic) bond motifs is 1. The molecule has 12 nitrogen and oxygen atoms in total. The average Bonchev–Trinajstić information content (AvgIpc) is 3.32. The summed E-state index contributed by atoms with van der Waals surface area (Å²) in [6, 6.07) is 48.7. The molecule has 0 radical (unpaired) electrons. The summed E-state index contributed by atoms with van der Waals surface area (Å²) in [4.78, 5) is 40.4. The molecule has 332 valence electrons. The van der Waals surface area contributed by atoms with Gasteiger partial charge in [0.1, 0.15) is 48.0 Å². The number of ether oxygens (including phenoxy) is 8. The molecule has 7 aromatic rings.